The number of thioether (sulfide) groups is 3. The van der Waals surface area contributed by atoms with Gasteiger partial charge in [-0.15, -0.1) is 35.3 Å². The van der Waals surface area contributed by atoms with Gasteiger partial charge in [0.1, 0.15) is 0 Å². The molecule has 0 atom stereocenters. The predicted molar refractivity (Wildman–Crippen MR) is 54.8 cm³/mol. The molecule has 0 amide bonds. The number of hydrogen-bond acceptors (Lipinski definition) is 6. The molecule has 0 unspecified atom stereocenters. The molecule has 0 heterocycles. The summed E-state index contributed by atoms with van der Waals surface area (Å²) in [5, 5.41) is 21.5. The Kier molecular flexibility index (Phi) is 14.4. The van der Waals surface area contributed by atoms with Crippen LogP contribution in [0.25, 0.3) is 0 Å². The molecule has 0 aliphatic carbocycles. The lowest BCUT2D eigenvalue weighted by Crippen LogP contribution is -1.98. The molecule has 70 valence electrons. The van der Waals surface area contributed by atoms with E-state index in [0.717, 1.165) is 3.91 Å². The first kappa shape index (κ1) is 14.5. The van der Waals surface area contributed by atoms with Crippen LogP contribution < -0.4 is 0 Å². The predicted octanol–water partition coefficient (Wildman–Crippen LogP) is 0.606. The summed E-state index contributed by atoms with van der Waals surface area (Å²) in [5.41, 5.74) is 0. The molecule has 0 aromatic carbocycles. The monoisotopic (exact) mass is 218 g/mol. The fraction of sp³-hybridized carbons (Fsp3) is 1.00. The Morgan fingerprint density at radius 2 is 1.00 bits per heavy atom. The SMILES string of the molecule is CSC(SC)SC.OC(O)O. The molecule has 0 radical (unpaired) electrons. The first-order valence-electron chi connectivity index (χ1n) is 2.71. The second kappa shape index (κ2) is 10.9. The molecule has 6 heteroatoms. The molecule has 0 aliphatic rings. The molecular weight excluding hydrogens is 204 g/mol. The van der Waals surface area contributed by atoms with E-state index in [4.69, 9.17) is 15.3 Å². The molecule has 0 spiro atoms. The fourth-order valence-electron chi connectivity index (χ4n) is 0.289. The van der Waals surface area contributed by atoms with Crippen molar-refractivity contribution in [1.29, 1.82) is 0 Å². The topological polar surface area (TPSA) is 60.7 Å². The second-order valence-corrected chi connectivity index (χ2v) is 5.07. The van der Waals surface area contributed by atoms with Crippen LogP contribution in [-0.4, -0.2) is 44.5 Å². The van der Waals surface area contributed by atoms with Crippen LogP contribution in [0.1, 0.15) is 0 Å². The minimum atomic E-state index is -2.17. The molecule has 0 rings (SSSR count). The number of hydrogen-bond donors (Lipinski definition) is 3. The molecule has 0 saturated carbocycles. The molecule has 11 heavy (non-hydrogen) atoms. The normalized spacial score (nSPS) is 9.82. The van der Waals surface area contributed by atoms with Gasteiger partial charge in [0, 0.05) is 0 Å². The highest BCUT2D eigenvalue weighted by atomic mass is 32.3. The average Bonchev–Trinajstić information content (AvgIpc) is 1.90. The first-order valence-corrected chi connectivity index (χ1v) is 6.57. The maximum absolute atomic E-state index is 7.17. The van der Waals surface area contributed by atoms with Crippen molar-refractivity contribution in [2.45, 2.75) is 10.4 Å². The van der Waals surface area contributed by atoms with Gasteiger partial charge in [0.25, 0.3) is 6.48 Å². The van der Waals surface area contributed by atoms with Crippen molar-refractivity contribution in [3.8, 4) is 0 Å². The van der Waals surface area contributed by atoms with Crippen LogP contribution in [0.2, 0.25) is 0 Å². The van der Waals surface area contributed by atoms with E-state index in [-0.39, 0.29) is 0 Å². The molecule has 0 bridgehead atoms. The Balaban J connectivity index is 0. The zero-order valence-corrected chi connectivity index (χ0v) is 9.17. The lowest BCUT2D eigenvalue weighted by molar-refractivity contribution is -0.198. The largest absolute Gasteiger partial charge is 0.346 e. The van der Waals surface area contributed by atoms with Crippen LogP contribution in [0.5, 0.6) is 0 Å². The fourth-order valence-corrected chi connectivity index (χ4v) is 2.60. The lowest BCUT2D eigenvalue weighted by atomic mass is 11.4. The third kappa shape index (κ3) is 18.1. The summed E-state index contributed by atoms with van der Waals surface area (Å²) in [6.07, 6.45) is 6.41. The molecule has 0 aromatic rings. The highest BCUT2D eigenvalue weighted by molar-refractivity contribution is 8.31. The second-order valence-electron chi connectivity index (χ2n) is 1.34. The van der Waals surface area contributed by atoms with Gasteiger partial charge in [-0.05, 0) is 18.8 Å². The van der Waals surface area contributed by atoms with Crippen molar-refractivity contribution in [3.63, 3.8) is 0 Å². The van der Waals surface area contributed by atoms with Gasteiger partial charge in [0.05, 0.1) is 3.91 Å². The van der Waals surface area contributed by atoms with Crippen molar-refractivity contribution in [2.75, 3.05) is 18.8 Å². The zero-order chi connectivity index (χ0) is 9.28. The summed E-state index contributed by atoms with van der Waals surface area (Å²) in [6.45, 7) is -2.17. The summed E-state index contributed by atoms with van der Waals surface area (Å²) in [4.78, 5) is 0. The Labute approximate surface area is 80.0 Å². The Morgan fingerprint density at radius 3 is 1.00 bits per heavy atom. The van der Waals surface area contributed by atoms with Crippen LogP contribution in [0.4, 0.5) is 0 Å². The van der Waals surface area contributed by atoms with E-state index in [1.807, 2.05) is 35.3 Å². The van der Waals surface area contributed by atoms with E-state index >= 15 is 0 Å². The van der Waals surface area contributed by atoms with Gasteiger partial charge in [-0.3, -0.25) is 0 Å². The Morgan fingerprint density at radius 1 is 0.818 bits per heavy atom. The molecule has 0 aromatic heterocycles. The molecule has 3 nitrogen and oxygen atoms in total. The highest BCUT2D eigenvalue weighted by Gasteiger charge is 1.97. The third-order valence-electron chi connectivity index (χ3n) is 0.577. The number of aliphatic hydroxyl groups is 3. The van der Waals surface area contributed by atoms with Gasteiger partial charge >= 0.3 is 0 Å². The first-order chi connectivity index (χ1) is 5.08. The van der Waals surface area contributed by atoms with Crippen LogP contribution in [0, 0.1) is 0 Å². The van der Waals surface area contributed by atoms with E-state index in [1.165, 1.54) is 0 Å². The van der Waals surface area contributed by atoms with Crippen molar-refractivity contribution >= 4 is 35.3 Å². The van der Waals surface area contributed by atoms with E-state index in [9.17, 15) is 0 Å². The van der Waals surface area contributed by atoms with Gasteiger partial charge in [0.15, 0.2) is 0 Å². The average molecular weight is 218 g/mol. The standard InChI is InChI=1S/C4H10S3.CH4O3/c1-5-4(6-2)7-3;2-1(3)4/h4H,1-3H3;1-4H. The summed E-state index contributed by atoms with van der Waals surface area (Å²) in [5.74, 6) is 0. The van der Waals surface area contributed by atoms with E-state index in [1.54, 1.807) is 0 Å². The Bertz CT molecular complexity index is 59.7. The molecule has 3 N–H and O–H groups in total. The summed E-state index contributed by atoms with van der Waals surface area (Å²) >= 11 is 5.69. The van der Waals surface area contributed by atoms with Crippen molar-refractivity contribution in [2.24, 2.45) is 0 Å². The maximum Gasteiger partial charge on any atom is 0.263 e. The summed E-state index contributed by atoms with van der Waals surface area (Å²) in [7, 11) is 0. The number of rotatable bonds is 3. The molecule has 0 fully saturated rings. The smallest absolute Gasteiger partial charge is 0.263 e. The molecular formula is C5H14O3S3. The lowest BCUT2D eigenvalue weighted by Gasteiger charge is -2.04. The minimum absolute atomic E-state index is 0.736. The summed E-state index contributed by atoms with van der Waals surface area (Å²) < 4.78 is 0.736. The highest BCUT2D eigenvalue weighted by Crippen LogP contribution is 2.27. The third-order valence-corrected chi connectivity index (χ3v) is 5.20. The van der Waals surface area contributed by atoms with Crippen LogP contribution in [0.15, 0.2) is 0 Å². The van der Waals surface area contributed by atoms with Crippen LogP contribution in [0.3, 0.4) is 0 Å². The summed E-state index contributed by atoms with van der Waals surface area (Å²) in [6, 6.07) is 0. The quantitative estimate of drug-likeness (QED) is 0.603. The van der Waals surface area contributed by atoms with E-state index in [2.05, 4.69) is 18.8 Å². The molecule has 0 saturated heterocycles. The number of aliphatic hydroxyl groups excluding tert-OH is 1. The van der Waals surface area contributed by atoms with Gasteiger partial charge in [-0.1, -0.05) is 0 Å². The van der Waals surface area contributed by atoms with Crippen LogP contribution in [-0.2, 0) is 0 Å². The van der Waals surface area contributed by atoms with Crippen molar-refractivity contribution in [1.82, 2.24) is 0 Å². The van der Waals surface area contributed by atoms with Gasteiger partial charge in [0.2, 0.25) is 0 Å². The molecule has 0 aliphatic heterocycles. The van der Waals surface area contributed by atoms with E-state index < -0.39 is 6.48 Å². The van der Waals surface area contributed by atoms with Gasteiger partial charge in [-0.2, -0.15) is 0 Å². The zero-order valence-electron chi connectivity index (χ0n) is 6.72. The van der Waals surface area contributed by atoms with Crippen molar-refractivity contribution in [3.05, 3.63) is 0 Å². The maximum atomic E-state index is 7.17. The van der Waals surface area contributed by atoms with Crippen LogP contribution >= 0.6 is 35.3 Å². The van der Waals surface area contributed by atoms with Gasteiger partial charge in [-0.25, -0.2) is 0 Å². The van der Waals surface area contributed by atoms with E-state index in [0.29, 0.717) is 0 Å². The minimum Gasteiger partial charge on any atom is -0.346 e. The Hall–Kier alpha value is 0.930. The van der Waals surface area contributed by atoms with Gasteiger partial charge < -0.3 is 15.3 Å². The van der Waals surface area contributed by atoms with Crippen molar-refractivity contribution < 1.29 is 15.3 Å².